The number of rotatable bonds is 6. The molecule has 0 radical (unpaired) electrons. The van der Waals surface area contributed by atoms with Gasteiger partial charge in [-0.1, -0.05) is 7.43 Å². The number of nitrogens with zero attached hydrogens (tertiary/aromatic N) is 3. The maximum absolute atomic E-state index is 12.2. The molecule has 2 heterocycles. The van der Waals surface area contributed by atoms with Gasteiger partial charge in [-0.3, -0.25) is 14.7 Å². The third kappa shape index (κ3) is 3.93. The van der Waals surface area contributed by atoms with E-state index >= 15 is 0 Å². The van der Waals surface area contributed by atoms with Crippen LogP contribution in [0.25, 0.3) is 11.2 Å². The number of amides is 1. The third-order valence-electron chi connectivity index (χ3n) is 4.15. The molecule has 3 rings (SSSR count). The molecule has 0 saturated heterocycles. The lowest BCUT2D eigenvalue weighted by atomic mass is 9.93. The van der Waals surface area contributed by atoms with E-state index in [1.54, 1.807) is 0 Å². The second kappa shape index (κ2) is 7.75. The molecule has 1 saturated carbocycles. The van der Waals surface area contributed by atoms with E-state index in [0.717, 1.165) is 29.7 Å². The molecule has 0 aromatic carbocycles. The molecule has 1 fully saturated rings. The van der Waals surface area contributed by atoms with Crippen molar-refractivity contribution >= 4 is 23.0 Å². The van der Waals surface area contributed by atoms with Gasteiger partial charge in [0.2, 0.25) is 11.9 Å². The molecule has 1 amide bonds. The van der Waals surface area contributed by atoms with Gasteiger partial charge in [-0.15, -0.1) is 0 Å². The number of carbonyl (C=O) groups is 1. The smallest absolute Gasteiger partial charge is 0.229 e. The number of nitrogens with one attached hydrogen (secondary N) is 1. The molecule has 0 aliphatic heterocycles. The van der Waals surface area contributed by atoms with E-state index in [1.807, 2.05) is 32.9 Å². The predicted octanol–water partition coefficient (Wildman–Crippen LogP) is 3.85. The number of ether oxygens (including phenoxy) is 1. The second-order valence-electron chi connectivity index (χ2n) is 6.40. The van der Waals surface area contributed by atoms with Crippen molar-refractivity contribution in [3.05, 3.63) is 17.8 Å². The highest BCUT2D eigenvalue weighted by Gasteiger charge is 2.26. The van der Waals surface area contributed by atoms with Crippen molar-refractivity contribution in [1.82, 2.24) is 14.5 Å². The number of imidazole rings is 1. The fraction of sp³-hybridized carbons (Fsp3) is 0.611. The minimum Gasteiger partial charge on any atom is -0.378 e. The fourth-order valence-electron chi connectivity index (χ4n) is 2.72. The van der Waals surface area contributed by atoms with Gasteiger partial charge < -0.3 is 4.74 Å². The Morgan fingerprint density at radius 1 is 1.38 bits per heavy atom. The zero-order valence-corrected chi connectivity index (χ0v) is 14.0. The van der Waals surface area contributed by atoms with Crippen molar-refractivity contribution < 1.29 is 9.53 Å². The van der Waals surface area contributed by atoms with Crippen LogP contribution in [0.15, 0.2) is 12.1 Å². The Balaban J connectivity index is 0.00000208. The number of hydrogen-bond donors (Lipinski definition) is 1. The van der Waals surface area contributed by atoms with Crippen LogP contribution >= 0.6 is 0 Å². The van der Waals surface area contributed by atoms with Crippen molar-refractivity contribution in [1.29, 1.82) is 0 Å². The molecule has 1 aliphatic carbocycles. The monoisotopic (exact) mass is 332 g/mol. The fourth-order valence-corrected chi connectivity index (χ4v) is 2.72. The summed E-state index contributed by atoms with van der Waals surface area (Å²) in [7, 11) is 0. The first kappa shape index (κ1) is 18.4. The van der Waals surface area contributed by atoms with Gasteiger partial charge in [0.1, 0.15) is 5.52 Å². The lowest BCUT2D eigenvalue weighted by Gasteiger charge is -2.28. The van der Waals surface area contributed by atoms with Crippen molar-refractivity contribution in [2.75, 3.05) is 11.9 Å². The quantitative estimate of drug-likeness (QED) is 0.872. The van der Waals surface area contributed by atoms with Crippen molar-refractivity contribution in [2.45, 2.75) is 66.0 Å². The molecule has 6 nitrogen and oxygen atoms in total. The van der Waals surface area contributed by atoms with Crippen LogP contribution in [-0.4, -0.2) is 33.2 Å². The molecule has 2 aromatic heterocycles. The number of hydrogen-bond acceptors (Lipinski definition) is 4. The number of fused-ring (bicyclic) bond motifs is 1. The summed E-state index contributed by atoms with van der Waals surface area (Å²) in [5.74, 6) is 0.538. The standard InChI is InChI=1S/C17H24N4O2.CH4/c1-11(2)23-10-9-15(22)20-17-19-14-8-7-12(3)18-16(14)21(17)13-5-4-6-13;/h7-8,11,13H,4-6,9-10H2,1-3H3,(H,19,20,22);1H4. The summed E-state index contributed by atoms with van der Waals surface area (Å²) in [6, 6.07) is 4.30. The summed E-state index contributed by atoms with van der Waals surface area (Å²) in [5.41, 5.74) is 2.65. The number of aromatic nitrogens is 3. The van der Waals surface area contributed by atoms with E-state index in [1.165, 1.54) is 6.42 Å². The summed E-state index contributed by atoms with van der Waals surface area (Å²) >= 11 is 0. The van der Waals surface area contributed by atoms with E-state index in [4.69, 9.17) is 4.74 Å². The predicted molar refractivity (Wildman–Crippen MR) is 96.2 cm³/mol. The molecule has 2 aromatic rings. The SMILES string of the molecule is C.Cc1ccc2nc(NC(=O)CCOC(C)C)n(C3CCC3)c2n1. The van der Waals surface area contributed by atoms with Crippen molar-refractivity contribution in [3.63, 3.8) is 0 Å². The van der Waals surface area contributed by atoms with E-state index in [2.05, 4.69) is 19.9 Å². The molecular formula is C18H28N4O2. The van der Waals surface area contributed by atoms with Gasteiger partial charge in [-0.05, 0) is 52.2 Å². The zero-order valence-electron chi connectivity index (χ0n) is 14.0. The largest absolute Gasteiger partial charge is 0.378 e. The van der Waals surface area contributed by atoms with E-state index < -0.39 is 0 Å². The number of anilines is 1. The first-order valence-electron chi connectivity index (χ1n) is 8.31. The number of carbonyl (C=O) groups excluding carboxylic acids is 1. The van der Waals surface area contributed by atoms with E-state index in [9.17, 15) is 4.79 Å². The maximum atomic E-state index is 12.2. The first-order valence-corrected chi connectivity index (χ1v) is 8.31. The number of aryl methyl sites for hydroxylation is 1. The van der Waals surface area contributed by atoms with Gasteiger partial charge in [0.05, 0.1) is 19.1 Å². The van der Waals surface area contributed by atoms with Crippen LogP contribution in [-0.2, 0) is 9.53 Å². The molecule has 1 N–H and O–H groups in total. The Bertz CT molecular complexity index is 704. The molecule has 0 atom stereocenters. The van der Waals surface area contributed by atoms with Gasteiger partial charge in [-0.2, -0.15) is 0 Å². The summed E-state index contributed by atoms with van der Waals surface area (Å²) < 4.78 is 7.52. The Kier molecular flexibility index (Phi) is 5.94. The lowest BCUT2D eigenvalue weighted by Crippen LogP contribution is -2.23. The lowest BCUT2D eigenvalue weighted by molar-refractivity contribution is -0.117. The second-order valence-corrected chi connectivity index (χ2v) is 6.40. The topological polar surface area (TPSA) is 69.0 Å². The van der Waals surface area contributed by atoms with Gasteiger partial charge in [0.15, 0.2) is 5.65 Å². The van der Waals surface area contributed by atoms with Gasteiger partial charge >= 0.3 is 0 Å². The minimum absolute atomic E-state index is 0. The molecule has 24 heavy (non-hydrogen) atoms. The highest BCUT2D eigenvalue weighted by molar-refractivity contribution is 5.91. The number of pyridine rings is 1. The van der Waals surface area contributed by atoms with Crippen LogP contribution in [0.3, 0.4) is 0 Å². The highest BCUT2D eigenvalue weighted by atomic mass is 16.5. The summed E-state index contributed by atoms with van der Waals surface area (Å²) in [6.45, 7) is 6.31. The molecule has 0 bridgehead atoms. The molecule has 0 unspecified atom stereocenters. The average molecular weight is 332 g/mol. The summed E-state index contributed by atoms with van der Waals surface area (Å²) in [4.78, 5) is 21.3. The van der Waals surface area contributed by atoms with Crippen LogP contribution < -0.4 is 5.32 Å². The van der Waals surface area contributed by atoms with E-state index in [-0.39, 0.29) is 19.4 Å². The van der Waals surface area contributed by atoms with Crippen LogP contribution in [0, 0.1) is 6.92 Å². The average Bonchev–Trinajstić information content (AvgIpc) is 2.75. The van der Waals surface area contributed by atoms with Crippen LogP contribution in [0.4, 0.5) is 5.95 Å². The summed E-state index contributed by atoms with van der Waals surface area (Å²) in [5, 5.41) is 2.94. The maximum Gasteiger partial charge on any atom is 0.229 e. The molecular weight excluding hydrogens is 304 g/mol. The minimum atomic E-state index is -0.0711. The molecule has 6 heteroatoms. The third-order valence-corrected chi connectivity index (χ3v) is 4.15. The molecule has 132 valence electrons. The first-order chi connectivity index (χ1) is 11.0. The van der Waals surface area contributed by atoms with Crippen LogP contribution in [0.2, 0.25) is 0 Å². The Morgan fingerprint density at radius 3 is 2.75 bits per heavy atom. The normalized spacial score (nSPS) is 14.5. The molecule has 0 spiro atoms. The Morgan fingerprint density at radius 2 is 2.12 bits per heavy atom. The Hall–Kier alpha value is -1.95. The van der Waals surface area contributed by atoms with Gasteiger partial charge in [0, 0.05) is 11.7 Å². The van der Waals surface area contributed by atoms with Crippen molar-refractivity contribution in [2.24, 2.45) is 0 Å². The highest BCUT2D eigenvalue weighted by Crippen LogP contribution is 2.36. The van der Waals surface area contributed by atoms with Gasteiger partial charge in [-0.25, -0.2) is 9.97 Å². The molecule has 1 aliphatic rings. The Labute approximate surface area is 143 Å². The van der Waals surface area contributed by atoms with E-state index in [0.29, 0.717) is 25.0 Å². The van der Waals surface area contributed by atoms with Crippen LogP contribution in [0.5, 0.6) is 0 Å². The van der Waals surface area contributed by atoms with Gasteiger partial charge in [0.25, 0.3) is 0 Å². The van der Waals surface area contributed by atoms with Crippen molar-refractivity contribution in [3.8, 4) is 0 Å². The summed E-state index contributed by atoms with van der Waals surface area (Å²) in [6.07, 6.45) is 3.90. The van der Waals surface area contributed by atoms with Crippen LogP contribution in [0.1, 0.15) is 58.7 Å². The zero-order chi connectivity index (χ0) is 16.4.